The number of amides is 2. The largest absolute Gasteiger partial charge is 0.361 e. The van der Waals surface area contributed by atoms with Crippen molar-refractivity contribution < 1.29 is 9.59 Å². The summed E-state index contributed by atoms with van der Waals surface area (Å²) >= 11 is 5.72. The Labute approximate surface area is 193 Å². The summed E-state index contributed by atoms with van der Waals surface area (Å²) in [5.74, 6) is -0.0198. The molecule has 0 aliphatic carbocycles. The summed E-state index contributed by atoms with van der Waals surface area (Å²) in [7, 11) is 0. The molecule has 2 aromatic carbocycles. The molecular formula is C25H28N4O2S. The predicted octanol–water partition coefficient (Wildman–Crippen LogP) is 4.85. The standard InChI is InChI=1S/C25H28N4O2S/c1-4-16(2)15-28-22(24(31)29(25(28)32)20-9-5-17(3)6-10-20)14-23(30)27-19-8-7-18-11-12-26-21(18)13-19/h5-13,16,22,26H,4,14-15H2,1-3H3,(H,27,30). The molecule has 2 N–H and O–H groups in total. The van der Waals surface area contributed by atoms with Gasteiger partial charge in [0.1, 0.15) is 6.04 Å². The van der Waals surface area contributed by atoms with Gasteiger partial charge in [0.2, 0.25) is 5.91 Å². The summed E-state index contributed by atoms with van der Waals surface area (Å²) in [4.78, 5) is 33.0. The van der Waals surface area contributed by atoms with Gasteiger partial charge in [-0.05, 0) is 60.8 Å². The van der Waals surface area contributed by atoms with E-state index < -0.39 is 6.04 Å². The number of rotatable bonds is 7. The normalized spacial score (nSPS) is 17.3. The van der Waals surface area contributed by atoms with Crippen molar-refractivity contribution in [2.75, 3.05) is 16.8 Å². The van der Waals surface area contributed by atoms with Gasteiger partial charge in [0.15, 0.2) is 5.11 Å². The fourth-order valence-corrected chi connectivity index (χ4v) is 4.35. The van der Waals surface area contributed by atoms with E-state index in [-0.39, 0.29) is 18.2 Å². The molecule has 1 aromatic heterocycles. The molecule has 6 nitrogen and oxygen atoms in total. The number of carbonyl (C=O) groups is 2. The van der Waals surface area contributed by atoms with E-state index in [1.165, 1.54) is 0 Å². The van der Waals surface area contributed by atoms with Gasteiger partial charge in [0, 0.05) is 23.9 Å². The molecule has 2 unspecified atom stereocenters. The van der Waals surface area contributed by atoms with Gasteiger partial charge < -0.3 is 15.2 Å². The van der Waals surface area contributed by atoms with E-state index >= 15 is 0 Å². The smallest absolute Gasteiger partial charge is 0.256 e. The summed E-state index contributed by atoms with van der Waals surface area (Å²) < 4.78 is 0. The first-order valence-corrected chi connectivity index (χ1v) is 11.4. The number of aromatic nitrogens is 1. The summed E-state index contributed by atoms with van der Waals surface area (Å²) in [6.45, 7) is 6.88. The first-order chi connectivity index (χ1) is 15.4. The lowest BCUT2D eigenvalue weighted by Gasteiger charge is -2.26. The van der Waals surface area contributed by atoms with E-state index in [1.54, 1.807) is 4.90 Å². The van der Waals surface area contributed by atoms with Crippen molar-refractivity contribution >= 4 is 51.4 Å². The highest BCUT2D eigenvalue weighted by molar-refractivity contribution is 7.80. The lowest BCUT2D eigenvalue weighted by Crippen LogP contribution is -2.40. The maximum atomic E-state index is 13.4. The third-order valence-corrected chi connectivity index (χ3v) is 6.45. The molecule has 166 valence electrons. The van der Waals surface area contributed by atoms with Crippen LogP contribution in [0.15, 0.2) is 54.7 Å². The highest BCUT2D eigenvalue weighted by Crippen LogP contribution is 2.29. The van der Waals surface area contributed by atoms with Gasteiger partial charge in [-0.3, -0.25) is 14.5 Å². The van der Waals surface area contributed by atoms with Crippen molar-refractivity contribution in [1.82, 2.24) is 9.88 Å². The van der Waals surface area contributed by atoms with Gasteiger partial charge in [-0.15, -0.1) is 0 Å². The van der Waals surface area contributed by atoms with E-state index in [1.807, 2.05) is 66.6 Å². The highest BCUT2D eigenvalue weighted by Gasteiger charge is 2.44. The van der Waals surface area contributed by atoms with Crippen LogP contribution in [0.4, 0.5) is 11.4 Å². The zero-order valence-electron chi connectivity index (χ0n) is 18.6. The van der Waals surface area contributed by atoms with Crippen LogP contribution < -0.4 is 10.2 Å². The number of carbonyl (C=O) groups excluding carboxylic acids is 2. The Kier molecular flexibility index (Phi) is 6.28. The number of benzene rings is 2. The molecule has 1 aliphatic rings. The van der Waals surface area contributed by atoms with Crippen molar-refractivity contribution in [2.24, 2.45) is 5.92 Å². The van der Waals surface area contributed by atoms with Crippen LogP contribution in [0.5, 0.6) is 0 Å². The molecule has 0 bridgehead atoms. The maximum absolute atomic E-state index is 13.4. The molecule has 2 atom stereocenters. The zero-order chi connectivity index (χ0) is 22.8. The van der Waals surface area contributed by atoms with E-state index in [0.717, 1.165) is 28.6 Å². The maximum Gasteiger partial charge on any atom is 0.256 e. The Morgan fingerprint density at radius 3 is 2.66 bits per heavy atom. The highest BCUT2D eigenvalue weighted by atomic mass is 32.1. The molecule has 1 saturated heterocycles. The Hall–Kier alpha value is -3.19. The molecule has 0 radical (unpaired) electrons. The second-order valence-electron chi connectivity index (χ2n) is 8.51. The van der Waals surface area contributed by atoms with Crippen LogP contribution in [-0.2, 0) is 9.59 Å². The third-order valence-electron chi connectivity index (χ3n) is 6.03. The van der Waals surface area contributed by atoms with Crippen LogP contribution in [0.1, 0.15) is 32.3 Å². The first-order valence-electron chi connectivity index (χ1n) is 11.0. The second-order valence-corrected chi connectivity index (χ2v) is 8.87. The first kappa shape index (κ1) is 22.0. The number of anilines is 2. The summed E-state index contributed by atoms with van der Waals surface area (Å²) in [5, 5.41) is 4.48. The van der Waals surface area contributed by atoms with Gasteiger partial charge in [0.25, 0.3) is 5.91 Å². The van der Waals surface area contributed by atoms with Crippen molar-refractivity contribution in [3.63, 3.8) is 0 Å². The van der Waals surface area contributed by atoms with Crippen molar-refractivity contribution in [3.05, 3.63) is 60.3 Å². The number of fused-ring (bicyclic) bond motifs is 1. The van der Waals surface area contributed by atoms with E-state index in [2.05, 4.69) is 24.1 Å². The minimum Gasteiger partial charge on any atom is -0.361 e. The SMILES string of the molecule is CCC(C)CN1C(=S)N(c2ccc(C)cc2)C(=O)C1CC(=O)Nc1ccc2cc[nH]c2c1. The molecule has 1 fully saturated rings. The topological polar surface area (TPSA) is 68.4 Å². The molecular weight excluding hydrogens is 420 g/mol. The molecule has 2 amide bonds. The summed E-state index contributed by atoms with van der Waals surface area (Å²) in [6, 6.07) is 14.8. The fraction of sp³-hybridized carbons (Fsp3) is 0.320. The molecule has 4 rings (SSSR count). The number of nitrogens with zero attached hydrogens (tertiary/aromatic N) is 2. The van der Waals surface area contributed by atoms with Gasteiger partial charge in [-0.2, -0.15) is 0 Å². The van der Waals surface area contributed by atoms with Crippen LogP contribution in [0, 0.1) is 12.8 Å². The Morgan fingerprint density at radius 2 is 1.94 bits per heavy atom. The predicted molar refractivity (Wildman–Crippen MR) is 133 cm³/mol. The summed E-state index contributed by atoms with van der Waals surface area (Å²) in [5.41, 5.74) is 3.49. The van der Waals surface area contributed by atoms with Crippen molar-refractivity contribution in [2.45, 2.75) is 39.7 Å². The average Bonchev–Trinajstić information content (AvgIpc) is 3.32. The van der Waals surface area contributed by atoms with Gasteiger partial charge in [0.05, 0.1) is 12.1 Å². The Balaban J connectivity index is 1.55. The Bertz CT molecular complexity index is 1150. The monoisotopic (exact) mass is 448 g/mol. The zero-order valence-corrected chi connectivity index (χ0v) is 19.4. The molecule has 3 aromatic rings. The average molecular weight is 449 g/mol. The van der Waals surface area contributed by atoms with Crippen molar-refractivity contribution in [1.29, 1.82) is 0 Å². The molecule has 0 spiro atoms. The minimum absolute atomic E-state index is 0.0422. The molecule has 0 saturated carbocycles. The van der Waals surface area contributed by atoms with Crippen LogP contribution in [0.2, 0.25) is 0 Å². The second kappa shape index (κ2) is 9.12. The fourth-order valence-electron chi connectivity index (χ4n) is 3.95. The van der Waals surface area contributed by atoms with Gasteiger partial charge in [-0.25, -0.2) is 0 Å². The summed E-state index contributed by atoms with van der Waals surface area (Å²) in [6.07, 6.45) is 2.87. The number of thiocarbonyl (C=S) groups is 1. The molecule has 1 aliphatic heterocycles. The molecule has 32 heavy (non-hydrogen) atoms. The third kappa shape index (κ3) is 4.39. The number of aryl methyl sites for hydroxylation is 1. The van der Waals surface area contributed by atoms with Crippen molar-refractivity contribution in [3.8, 4) is 0 Å². The molecule has 2 heterocycles. The number of H-pyrrole nitrogens is 1. The number of hydrogen-bond acceptors (Lipinski definition) is 3. The van der Waals surface area contributed by atoms with Crippen LogP contribution >= 0.6 is 12.2 Å². The Morgan fingerprint density at radius 1 is 1.19 bits per heavy atom. The van der Waals surface area contributed by atoms with Crippen LogP contribution in [0.25, 0.3) is 10.9 Å². The number of aromatic amines is 1. The quantitative estimate of drug-likeness (QED) is 0.507. The lowest BCUT2D eigenvalue weighted by atomic mass is 10.1. The van der Waals surface area contributed by atoms with Gasteiger partial charge in [-0.1, -0.05) is 44.0 Å². The van der Waals surface area contributed by atoms with E-state index in [0.29, 0.717) is 23.3 Å². The van der Waals surface area contributed by atoms with Crippen LogP contribution in [-0.4, -0.2) is 39.4 Å². The lowest BCUT2D eigenvalue weighted by molar-refractivity contribution is -0.124. The molecule has 7 heteroatoms. The minimum atomic E-state index is -0.618. The number of nitrogens with one attached hydrogen (secondary N) is 2. The van der Waals surface area contributed by atoms with E-state index in [4.69, 9.17) is 12.2 Å². The number of hydrogen-bond donors (Lipinski definition) is 2. The van der Waals surface area contributed by atoms with E-state index in [9.17, 15) is 9.59 Å². The van der Waals surface area contributed by atoms with Gasteiger partial charge >= 0.3 is 0 Å². The van der Waals surface area contributed by atoms with Crippen LogP contribution in [0.3, 0.4) is 0 Å².